The van der Waals surface area contributed by atoms with Gasteiger partial charge in [0, 0.05) is 12.8 Å². The largest absolute Gasteiger partial charge is 0.396 e. The van der Waals surface area contributed by atoms with Gasteiger partial charge in [0.2, 0.25) is 0 Å². The molecule has 0 saturated heterocycles. The van der Waals surface area contributed by atoms with E-state index in [4.69, 9.17) is 10.5 Å². The monoisotopic (exact) mass is 272 g/mol. The predicted molar refractivity (Wildman–Crippen MR) is 71.0 cm³/mol. The number of nitrogens with two attached hydrogens (primary N) is 1. The van der Waals surface area contributed by atoms with Crippen LogP contribution in [0.3, 0.4) is 0 Å². The van der Waals surface area contributed by atoms with E-state index in [-0.39, 0.29) is 22.9 Å². The first kappa shape index (κ1) is 14.9. The van der Waals surface area contributed by atoms with Crippen molar-refractivity contribution in [1.29, 1.82) is 0 Å². The van der Waals surface area contributed by atoms with Crippen molar-refractivity contribution in [2.24, 2.45) is 5.92 Å². The Hall–Kier alpha value is -1.14. The third kappa shape index (κ3) is 4.62. The summed E-state index contributed by atoms with van der Waals surface area (Å²) in [5.41, 5.74) is 5.77. The fraction of sp³-hybridized carbons (Fsp3) is 0.583. The predicted octanol–water partition coefficient (Wildman–Crippen LogP) is 1.50. The van der Waals surface area contributed by atoms with E-state index in [9.17, 15) is 8.42 Å². The van der Waals surface area contributed by atoms with Gasteiger partial charge >= 0.3 is 0 Å². The number of nitrogen functional groups attached to an aromatic ring is 1. The smallest absolute Gasteiger partial charge is 0.182 e. The van der Waals surface area contributed by atoms with E-state index >= 15 is 0 Å². The Bertz CT molecular complexity index is 472. The van der Waals surface area contributed by atoms with Crippen molar-refractivity contribution in [2.75, 3.05) is 24.7 Å². The SMILES string of the molecule is CC(C)CCOCCS(=O)(=O)c1ccncc1N. The second-order valence-corrected chi connectivity index (χ2v) is 6.60. The molecule has 0 aromatic carbocycles. The van der Waals surface area contributed by atoms with Crippen LogP contribution in [0.5, 0.6) is 0 Å². The van der Waals surface area contributed by atoms with Crippen LogP contribution in [0.2, 0.25) is 0 Å². The van der Waals surface area contributed by atoms with Gasteiger partial charge in [0.05, 0.1) is 29.1 Å². The lowest BCUT2D eigenvalue weighted by Crippen LogP contribution is -2.15. The Morgan fingerprint density at radius 2 is 2.11 bits per heavy atom. The van der Waals surface area contributed by atoms with E-state index in [1.54, 1.807) is 0 Å². The number of rotatable bonds is 7. The highest BCUT2D eigenvalue weighted by Crippen LogP contribution is 2.17. The highest BCUT2D eigenvalue weighted by Gasteiger charge is 2.17. The van der Waals surface area contributed by atoms with Gasteiger partial charge in [-0.2, -0.15) is 0 Å². The molecule has 0 bridgehead atoms. The number of ether oxygens (including phenoxy) is 1. The Balaban J connectivity index is 2.49. The molecule has 0 atom stereocenters. The minimum absolute atomic E-state index is 0.0562. The molecular weight excluding hydrogens is 252 g/mol. The summed E-state index contributed by atoms with van der Waals surface area (Å²) in [5.74, 6) is 0.497. The minimum Gasteiger partial charge on any atom is -0.396 e. The Morgan fingerprint density at radius 3 is 2.72 bits per heavy atom. The molecule has 18 heavy (non-hydrogen) atoms. The van der Waals surface area contributed by atoms with E-state index in [0.29, 0.717) is 12.5 Å². The number of anilines is 1. The first-order chi connectivity index (χ1) is 8.43. The molecule has 1 aromatic heterocycles. The van der Waals surface area contributed by atoms with Crippen LogP contribution in [0, 0.1) is 5.92 Å². The zero-order chi connectivity index (χ0) is 13.6. The van der Waals surface area contributed by atoms with Crippen LogP contribution < -0.4 is 5.73 Å². The summed E-state index contributed by atoms with van der Waals surface area (Å²) in [4.78, 5) is 3.90. The molecule has 5 nitrogen and oxygen atoms in total. The first-order valence-corrected chi connectivity index (χ1v) is 7.58. The summed E-state index contributed by atoms with van der Waals surface area (Å²) in [7, 11) is -3.38. The maximum atomic E-state index is 12.0. The molecular formula is C12H20N2O3S. The molecule has 0 amide bonds. The van der Waals surface area contributed by atoms with Crippen molar-refractivity contribution in [3.8, 4) is 0 Å². The average Bonchev–Trinajstić information content (AvgIpc) is 2.28. The normalized spacial score (nSPS) is 11.9. The Morgan fingerprint density at radius 1 is 1.39 bits per heavy atom. The van der Waals surface area contributed by atoms with Crippen molar-refractivity contribution < 1.29 is 13.2 Å². The number of hydrogen-bond acceptors (Lipinski definition) is 5. The van der Waals surface area contributed by atoms with Crippen LogP contribution in [0.25, 0.3) is 0 Å². The lowest BCUT2D eigenvalue weighted by molar-refractivity contribution is 0.137. The first-order valence-electron chi connectivity index (χ1n) is 5.93. The molecule has 102 valence electrons. The van der Waals surface area contributed by atoms with Crippen LogP contribution >= 0.6 is 0 Å². The van der Waals surface area contributed by atoms with Crippen molar-refractivity contribution in [3.05, 3.63) is 18.5 Å². The molecule has 1 aromatic rings. The van der Waals surface area contributed by atoms with Crippen molar-refractivity contribution >= 4 is 15.5 Å². The molecule has 0 radical (unpaired) electrons. The zero-order valence-electron chi connectivity index (χ0n) is 10.8. The van der Waals surface area contributed by atoms with Gasteiger partial charge in [-0.15, -0.1) is 0 Å². The Labute approximate surface area is 108 Å². The number of nitrogens with zero attached hydrogens (tertiary/aromatic N) is 1. The quantitative estimate of drug-likeness (QED) is 0.761. The summed E-state index contributed by atoms with van der Waals surface area (Å²) in [6.45, 7) is 4.96. The topological polar surface area (TPSA) is 82.3 Å². The molecule has 0 aliphatic heterocycles. The summed E-state index contributed by atoms with van der Waals surface area (Å²) in [6, 6.07) is 1.42. The van der Waals surface area contributed by atoms with Crippen LogP contribution in [-0.4, -0.2) is 32.4 Å². The maximum Gasteiger partial charge on any atom is 0.182 e. The van der Waals surface area contributed by atoms with Gasteiger partial charge in [-0.3, -0.25) is 4.98 Å². The van der Waals surface area contributed by atoms with Gasteiger partial charge in [0.1, 0.15) is 0 Å². The molecule has 0 aliphatic carbocycles. The summed E-state index contributed by atoms with van der Waals surface area (Å²) >= 11 is 0. The third-order valence-corrected chi connectivity index (χ3v) is 4.23. The fourth-order valence-electron chi connectivity index (χ4n) is 1.38. The van der Waals surface area contributed by atoms with Crippen molar-refractivity contribution in [3.63, 3.8) is 0 Å². The molecule has 6 heteroatoms. The average molecular weight is 272 g/mol. The van der Waals surface area contributed by atoms with Gasteiger partial charge in [-0.1, -0.05) is 13.8 Å². The van der Waals surface area contributed by atoms with Gasteiger partial charge in [0.15, 0.2) is 9.84 Å². The summed E-state index contributed by atoms with van der Waals surface area (Å²) in [6.07, 6.45) is 3.69. The lowest BCUT2D eigenvalue weighted by Gasteiger charge is -2.08. The molecule has 0 spiro atoms. The van der Waals surface area contributed by atoms with Crippen LogP contribution in [0.15, 0.2) is 23.4 Å². The highest BCUT2D eigenvalue weighted by atomic mass is 32.2. The second kappa shape index (κ2) is 6.70. The summed E-state index contributed by atoms with van der Waals surface area (Å²) in [5, 5.41) is 0. The minimum atomic E-state index is -3.38. The molecule has 0 aliphatic rings. The van der Waals surface area contributed by atoms with Crippen molar-refractivity contribution in [2.45, 2.75) is 25.2 Å². The molecule has 0 unspecified atom stereocenters. The standard InChI is InChI=1S/C12H20N2O3S/c1-10(2)4-6-17-7-8-18(15,16)12-3-5-14-9-11(12)13/h3,5,9-10H,4,6-8,13H2,1-2H3. The van der Waals surface area contributed by atoms with Gasteiger partial charge in [-0.25, -0.2) is 8.42 Å². The lowest BCUT2D eigenvalue weighted by atomic mass is 10.1. The summed E-state index contributed by atoms with van der Waals surface area (Å²) < 4.78 is 29.2. The van der Waals surface area contributed by atoms with Crippen LogP contribution in [0.4, 0.5) is 5.69 Å². The molecule has 0 fully saturated rings. The van der Waals surface area contributed by atoms with E-state index in [0.717, 1.165) is 6.42 Å². The number of sulfone groups is 1. The fourth-order valence-corrected chi connectivity index (χ4v) is 2.61. The van der Waals surface area contributed by atoms with E-state index < -0.39 is 9.84 Å². The Kier molecular flexibility index (Phi) is 5.55. The molecule has 1 rings (SSSR count). The second-order valence-electron chi connectivity index (χ2n) is 4.53. The van der Waals surface area contributed by atoms with Gasteiger partial charge < -0.3 is 10.5 Å². The van der Waals surface area contributed by atoms with Crippen LogP contribution in [0.1, 0.15) is 20.3 Å². The van der Waals surface area contributed by atoms with Gasteiger partial charge in [0.25, 0.3) is 0 Å². The highest BCUT2D eigenvalue weighted by molar-refractivity contribution is 7.91. The molecule has 0 saturated carbocycles. The number of aromatic nitrogens is 1. The van der Waals surface area contributed by atoms with Crippen LogP contribution in [-0.2, 0) is 14.6 Å². The van der Waals surface area contributed by atoms with E-state index in [1.807, 2.05) is 0 Å². The number of pyridine rings is 1. The maximum absolute atomic E-state index is 12.0. The van der Waals surface area contributed by atoms with E-state index in [2.05, 4.69) is 18.8 Å². The number of hydrogen-bond donors (Lipinski definition) is 1. The van der Waals surface area contributed by atoms with E-state index in [1.165, 1.54) is 18.5 Å². The molecule has 2 N–H and O–H groups in total. The third-order valence-electron chi connectivity index (χ3n) is 2.48. The van der Waals surface area contributed by atoms with Gasteiger partial charge in [-0.05, 0) is 18.4 Å². The zero-order valence-corrected chi connectivity index (χ0v) is 11.6. The van der Waals surface area contributed by atoms with Crippen molar-refractivity contribution in [1.82, 2.24) is 4.98 Å². The molecule has 1 heterocycles.